The Balaban J connectivity index is 1.80. The topological polar surface area (TPSA) is 43.4 Å². The molecule has 2 atom stereocenters. The van der Waals surface area contributed by atoms with Crippen molar-refractivity contribution in [2.45, 2.75) is 18.8 Å². The molecule has 2 saturated carbocycles. The quantitative estimate of drug-likeness (QED) is 0.680. The van der Waals surface area contributed by atoms with Gasteiger partial charge in [0.25, 0.3) is 10.1 Å². The van der Waals surface area contributed by atoms with E-state index in [0.29, 0.717) is 0 Å². The molecule has 82 valence electrons. The molecule has 6 heteroatoms. The molecule has 0 amide bonds. The summed E-state index contributed by atoms with van der Waals surface area (Å²) in [5.41, 5.74) is 0. The average Bonchev–Trinajstić information content (AvgIpc) is 2.43. The van der Waals surface area contributed by atoms with Gasteiger partial charge in [0.15, 0.2) is 0 Å². The van der Waals surface area contributed by atoms with Crippen molar-refractivity contribution in [3.05, 3.63) is 0 Å². The van der Waals surface area contributed by atoms with Crippen LogP contribution in [0.5, 0.6) is 0 Å². The molecular weight excluding hydrogens is 214 g/mol. The van der Waals surface area contributed by atoms with Crippen LogP contribution in [0.3, 0.4) is 0 Å². The first kappa shape index (κ1) is 10.3. The van der Waals surface area contributed by atoms with E-state index in [2.05, 4.69) is 4.18 Å². The Hall–Kier alpha value is -0.230. The zero-order chi connectivity index (χ0) is 10.6. The second-order valence-electron chi connectivity index (χ2n) is 4.24. The van der Waals surface area contributed by atoms with Gasteiger partial charge < -0.3 is 0 Å². The summed E-state index contributed by atoms with van der Waals surface area (Å²) >= 11 is 0. The molecule has 2 unspecified atom stereocenters. The van der Waals surface area contributed by atoms with Gasteiger partial charge in [0.1, 0.15) is 0 Å². The predicted octanol–water partition coefficient (Wildman–Crippen LogP) is 1.25. The Morgan fingerprint density at radius 3 is 2.29 bits per heavy atom. The van der Waals surface area contributed by atoms with Gasteiger partial charge in [0.2, 0.25) is 5.92 Å². The Morgan fingerprint density at radius 2 is 1.86 bits per heavy atom. The third kappa shape index (κ3) is 2.06. The molecule has 0 N–H and O–H groups in total. The van der Waals surface area contributed by atoms with E-state index in [4.69, 9.17) is 0 Å². The van der Waals surface area contributed by atoms with Crippen molar-refractivity contribution in [1.29, 1.82) is 0 Å². The van der Waals surface area contributed by atoms with Crippen LogP contribution in [0.15, 0.2) is 0 Å². The Morgan fingerprint density at radius 1 is 1.36 bits per heavy atom. The molecule has 0 aromatic rings. The van der Waals surface area contributed by atoms with Gasteiger partial charge in [-0.2, -0.15) is 8.42 Å². The van der Waals surface area contributed by atoms with Crippen LogP contribution in [0.4, 0.5) is 8.78 Å². The van der Waals surface area contributed by atoms with E-state index < -0.39 is 16.0 Å². The molecule has 0 radical (unpaired) electrons. The average molecular weight is 226 g/mol. The third-order valence-electron chi connectivity index (χ3n) is 3.05. The first-order valence-corrected chi connectivity index (χ1v) is 6.32. The fraction of sp³-hybridized carbons (Fsp3) is 1.00. The van der Waals surface area contributed by atoms with Crippen LogP contribution in [0.25, 0.3) is 0 Å². The van der Waals surface area contributed by atoms with Crippen molar-refractivity contribution >= 4 is 10.1 Å². The van der Waals surface area contributed by atoms with Crippen molar-refractivity contribution in [2.75, 3.05) is 12.9 Å². The number of fused-ring (bicyclic) bond motifs is 1. The molecule has 2 aliphatic carbocycles. The summed E-state index contributed by atoms with van der Waals surface area (Å²) in [7, 11) is -3.43. The van der Waals surface area contributed by atoms with E-state index in [1.165, 1.54) is 0 Å². The lowest BCUT2D eigenvalue weighted by atomic mass is 10.1. The van der Waals surface area contributed by atoms with Crippen LogP contribution in [0.2, 0.25) is 0 Å². The van der Waals surface area contributed by atoms with Crippen LogP contribution in [-0.4, -0.2) is 27.2 Å². The van der Waals surface area contributed by atoms with Gasteiger partial charge in [-0.05, 0) is 17.8 Å². The van der Waals surface area contributed by atoms with Gasteiger partial charge >= 0.3 is 0 Å². The highest BCUT2D eigenvalue weighted by Crippen LogP contribution is 2.62. The van der Waals surface area contributed by atoms with Crippen LogP contribution < -0.4 is 0 Å². The standard InChI is InChI=1S/C8H12F2O3S/c1-14(11,12)13-4-7-5-2-8(9,10)3-6(5)7/h5-7H,2-4H2,1H3. The van der Waals surface area contributed by atoms with Crippen LogP contribution in [0, 0.1) is 17.8 Å². The number of alkyl halides is 2. The van der Waals surface area contributed by atoms with E-state index in [1.807, 2.05) is 0 Å². The number of halogens is 2. The van der Waals surface area contributed by atoms with E-state index in [0.717, 1.165) is 6.26 Å². The summed E-state index contributed by atoms with van der Waals surface area (Å²) in [6.07, 6.45) is 0.769. The molecule has 2 rings (SSSR count). The zero-order valence-corrected chi connectivity index (χ0v) is 8.56. The first-order valence-electron chi connectivity index (χ1n) is 4.51. The maximum atomic E-state index is 12.7. The minimum Gasteiger partial charge on any atom is -0.270 e. The summed E-state index contributed by atoms with van der Waals surface area (Å²) < 4.78 is 51.3. The summed E-state index contributed by atoms with van der Waals surface area (Å²) in [6.45, 7) is 0.0737. The van der Waals surface area contributed by atoms with Crippen molar-refractivity contribution in [1.82, 2.24) is 0 Å². The maximum Gasteiger partial charge on any atom is 0.264 e. The second kappa shape index (κ2) is 2.88. The fourth-order valence-electron chi connectivity index (χ4n) is 2.35. The minimum atomic E-state index is -3.43. The Kier molecular flexibility index (Phi) is 2.12. The molecular formula is C8H12F2O3S. The van der Waals surface area contributed by atoms with Crippen molar-refractivity contribution < 1.29 is 21.4 Å². The molecule has 2 aliphatic rings. The van der Waals surface area contributed by atoms with Gasteiger partial charge in [-0.25, -0.2) is 8.78 Å². The molecule has 0 bridgehead atoms. The Bertz CT molecular complexity index is 324. The van der Waals surface area contributed by atoms with Gasteiger partial charge in [0.05, 0.1) is 12.9 Å². The lowest BCUT2D eigenvalue weighted by Crippen LogP contribution is -2.16. The van der Waals surface area contributed by atoms with E-state index >= 15 is 0 Å². The molecule has 0 heterocycles. The van der Waals surface area contributed by atoms with Crippen molar-refractivity contribution in [3.63, 3.8) is 0 Å². The third-order valence-corrected chi connectivity index (χ3v) is 3.62. The maximum absolute atomic E-state index is 12.7. The van der Waals surface area contributed by atoms with Gasteiger partial charge in [-0.15, -0.1) is 0 Å². The Labute approximate surface area is 81.6 Å². The molecule has 14 heavy (non-hydrogen) atoms. The number of rotatable bonds is 3. The summed E-state index contributed by atoms with van der Waals surface area (Å²) in [5, 5.41) is 0. The van der Waals surface area contributed by atoms with Gasteiger partial charge in [0, 0.05) is 12.8 Å². The molecule has 0 aliphatic heterocycles. The van der Waals surface area contributed by atoms with Gasteiger partial charge in [-0.3, -0.25) is 4.18 Å². The molecule has 2 fully saturated rings. The van der Waals surface area contributed by atoms with E-state index in [-0.39, 0.29) is 37.2 Å². The monoisotopic (exact) mass is 226 g/mol. The second-order valence-corrected chi connectivity index (χ2v) is 5.89. The molecule has 0 spiro atoms. The minimum absolute atomic E-state index is 0.0215. The zero-order valence-electron chi connectivity index (χ0n) is 7.74. The lowest BCUT2D eigenvalue weighted by molar-refractivity contribution is -0.00994. The number of hydrogen-bond acceptors (Lipinski definition) is 3. The van der Waals surface area contributed by atoms with Crippen LogP contribution >= 0.6 is 0 Å². The normalized spacial score (nSPS) is 39.5. The van der Waals surface area contributed by atoms with Gasteiger partial charge in [-0.1, -0.05) is 0 Å². The lowest BCUT2D eigenvalue weighted by Gasteiger charge is -2.12. The largest absolute Gasteiger partial charge is 0.270 e. The molecule has 0 aromatic heterocycles. The van der Waals surface area contributed by atoms with E-state index in [9.17, 15) is 17.2 Å². The molecule has 0 saturated heterocycles. The summed E-state index contributed by atoms with van der Waals surface area (Å²) in [4.78, 5) is 0. The fourth-order valence-corrected chi connectivity index (χ4v) is 2.76. The van der Waals surface area contributed by atoms with Crippen molar-refractivity contribution in [2.24, 2.45) is 17.8 Å². The van der Waals surface area contributed by atoms with E-state index in [1.54, 1.807) is 0 Å². The van der Waals surface area contributed by atoms with Crippen molar-refractivity contribution in [3.8, 4) is 0 Å². The molecule has 3 nitrogen and oxygen atoms in total. The highest BCUT2D eigenvalue weighted by molar-refractivity contribution is 7.85. The number of hydrogen-bond donors (Lipinski definition) is 0. The highest BCUT2D eigenvalue weighted by atomic mass is 32.2. The SMILES string of the molecule is CS(=O)(=O)OCC1C2CC(F)(F)CC12. The first-order chi connectivity index (χ1) is 6.29. The van der Waals surface area contributed by atoms with Crippen LogP contribution in [0.1, 0.15) is 12.8 Å². The summed E-state index contributed by atoms with van der Waals surface area (Å²) in [5.74, 6) is -2.54. The predicted molar refractivity (Wildman–Crippen MR) is 45.4 cm³/mol. The smallest absolute Gasteiger partial charge is 0.264 e. The van der Waals surface area contributed by atoms with Crippen LogP contribution in [-0.2, 0) is 14.3 Å². The highest BCUT2D eigenvalue weighted by Gasteiger charge is 2.62. The molecule has 0 aromatic carbocycles. The summed E-state index contributed by atoms with van der Waals surface area (Å²) in [6, 6.07) is 0.